The van der Waals surface area contributed by atoms with E-state index in [1.807, 2.05) is 0 Å². The second kappa shape index (κ2) is 8.95. The number of hydrogen-bond donors (Lipinski definition) is 1. The van der Waals surface area contributed by atoms with Gasteiger partial charge >= 0.3 is 0 Å². The lowest BCUT2D eigenvalue weighted by atomic mass is 10.0. The highest BCUT2D eigenvalue weighted by Gasteiger charge is 2.20. The van der Waals surface area contributed by atoms with Crippen LogP contribution in [0.1, 0.15) is 69.3 Å². The molecular weight excluding hydrogens is 362 g/mol. The maximum absolute atomic E-state index is 9.91. The molecule has 0 aromatic carbocycles. The summed E-state index contributed by atoms with van der Waals surface area (Å²) in [6, 6.07) is 6.44. The molecule has 3 rings (SSSR count). The Morgan fingerprint density at radius 2 is 1.93 bits per heavy atom. The van der Waals surface area contributed by atoms with Gasteiger partial charge in [0.2, 0.25) is 5.88 Å². The highest BCUT2D eigenvalue weighted by atomic mass is 16.5. The predicted molar refractivity (Wildman–Crippen MR) is 119 cm³/mol. The van der Waals surface area contributed by atoms with Crippen LogP contribution < -0.4 is 4.74 Å². The molecule has 5 heteroatoms. The van der Waals surface area contributed by atoms with Gasteiger partial charge in [-0.3, -0.25) is 0 Å². The maximum atomic E-state index is 9.91. The van der Waals surface area contributed by atoms with E-state index in [-0.39, 0.29) is 12.6 Å². The summed E-state index contributed by atoms with van der Waals surface area (Å²) in [6.45, 7) is 10.8. The molecule has 1 atom stereocenters. The minimum Gasteiger partial charge on any atom is -0.480 e. The molecule has 0 aliphatic rings. The van der Waals surface area contributed by atoms with Crippen LogP contribution in [0.4, 0.5) is 0 Å². The standard InChI is InChI=1S/C24H33N3O2/c1-7-9-18(14-28)27-13-16(5)22-21(27)12-17(8-2)23(26-22)19-10-11-20(15(3)4)25-24(19)29-6/h10-13,15,18,28H,7-9,14H2,1-6H3/t18-/m0/s1. The van der Waals surface area contributed by atoms with Gasteiger partial charge in [0, 0.05) is 11.9 Å². The topological polar surface area (TPSA) is 60.2 Å². The number of pyridine rings is 2. The number of methoxy groups -OCH3 is 1. The Labute approximate surface area is 173 Å². The first kappa shape index (κ1) is 21.3. The summed E-state index contributed by atoms with van der Waals surface area (Å²) in [6.07, 6.45) is 4.95. The predicted octanol–water partition coefficient (Wildman–Crippen LogP) is 5.43. The third-order valence-electron chi connectivity index (χ3n) is 5.59. The van der Waals surface area contributed by atoms with E-state index in [4.69, 9.17) is 14.7 Å². The molecule has 3 aromatic heterocycles. The van der Waals surface area contributed by atoms with Crippen LogP contribution in [0.25, 0.3) is 22.3 Å². The van der Waals surface area contributed by atoms with Crippen molar-refractivity contribution in [2.45, 2.75) is 65.8 Å². The van der Waals surface area contributed by atoms with Gasteiger partial charge in [-0.1, -0.05) is 34.1 Å². The molecule has 0 amide bonds. The zero-order valence-corrected chi connectivity index (χ0v) is 18.5. The van der Waals surface area contributed by atoms with Crippen molar-refractivity contribution in [1.82, 2.24) is 14.5 Å². The minimum atomic E-state index is 0.0788. The number of aryl methyl sites for hydroxylation is 2. The zero-order chi connectivity index (χ0) is 21.1. The largest absolute Gasteiger partial charge is 0.480 e. The zero-order valence-electron chi connectivity index (χ0n) is 18.5. The molecule has 1 N–H and O–H groups in total. The second-order valence-electron chi connectivity index (χ2n) is 8.01. The molecule has 0 aliphatic carbocycles. The third kappa shape index (κ3) is 4.01. The van der Waals surface area contributed by atoms with Crippen LogP contribution in [0.15, 0.2) is 24.4 Å². The lowest BCUT2D eigenvalue weighted by Crippen LogP contribution is -2.12. The van der Waals surface area contributed by atoms with Crippen molar-refractivity contribution in [1.29, 1.82) is 0 Å². The Balaban J connectivity index is 2.21. The van der Waals surface area contributed by atoms with Crippen molar-refractivity contribution in [3.63, 3.8) is 0 Å². The summed E-state index contributed by atoms with van der Waals surface area (Å²) in [5.41, 5.74) is 7.19. The van der Waals surface area contributed by atoms with Gasteiger partial charge in [-0.2, -0.15) is 0 Å². The van der Waals surface area contributed by atoms with Crippen LogP contribution >= 0.6 is 0 Å². The van der Waals surface area contributed by atoms with Gasteiger partial charge < -0.3 is 14.4 Å². The molecule has 0 saturated heterocycles. The highest BCUT2D eigenvalue weighted by molar-refractivity contribution is 5.85. The van der Waals surface area contributed by atoms with Crippen LogP contribution in [-0.4, -0.2) is 33.4 Å². The van der Waals surface area contributed by atoms with Crippen LogP contribution in [-0.2, 0) is 6.42 Å². The molecular formula is C24H33N3O2. The summed E-state index contributed by atoms with van der Waals surface area (Å²) in [4.78, 5) is 9.79. The minimum absolute atomic E-state index is 0.0788. The molecule has 0 spiro atoms. The van der Waals surface area contributed by atoms with Crippen molar-refractivity contribution in [3.8, 4) is 17.1 Å². The molecule has 3 aromatic rings. The second-order valence-corrected chi connectivity index (χ2v) is 8.01. The van der Waals surface area contributed by atoms with Crippen molar-refractivity contribution in [2.75, 3.05) is 13.7 Å². The molecule has 5 nitrogen and oxygen atoms in total. The monoisotopic (exact) mass is 395 g/mol. The fourth-order valence-electron chi connectivity index (χ4n) is 3.94. The summed E-state index contributed by atoms with van der Waals surface area (Å²) in [7, 11) is 1.67. The number of fused-ring (bicyclic) bond motifs is 1. The van der Waals surface area contributed by atoms with E-state index >= 15 is 0 Å². The van der Waals surface area contributed by atoms with E-state index in [1.165, 1.54) is 0 Å². The first-order valence-electron chi connectivity index (χ1n) is 10.6. The SMILES string of the molecule is CCC[C@@H](CO)n1cc(C)c2nc(-c3ccc(C(C)C)nc3OC)c(CC)cc21. The van der Waals surface area contributed by atoms with Crippen molar-refractivity contribution in [3.05, 3.63) is 41.2 Å². The molecule has 0 aliphatic heterocycles. The molecule has 29 heavy (non-hydrogen) atoms. The number of hydrogen-bond acceptors (Lipinski definition) is 4. The lowest BCUT2D eigenvalue weighted by Gasteiger charge is -2.18. The number of ether oxygens (including phenoxy) is 1. The van der Waals surface area contributed by atoms with E-state index in [0.717, 1.165) is 58.4 Å². The smallest absolute Gasteiger partial charge is 0.222 e. The summed E-state index contributed by atoms with van der Waals surface area (Å²) in [5, 5.41) is 9.91. The fourth-order valence-corrected chi connectivity index (χ4v) is 3.94. The quantitative estimate of drug-likeness (QED) is 0.552. The highest BCUT2D eigenvalue weighted by Crippen LogP contribution is 2.35. The van der Waals surface area contributed by atoms with Crippen LogP contribution in [0.3, 0.4) is 0 Å². The Hall–Kier alpha value is -2.40. The van der Waals surface area contributed by atoms with Gasteiger partial charge in [0.05, 0.1) is 42.0 Å². The van der Waals surface area contributed by atoms with E-state index in [2.05, 4.69) is 63.6 Å². The Bertz CT molecular complexity index is 991. The molecule has 0 fully saturated rings. The van der Waals surface area contributed by atoms with E-state index in [1.54, 1.807) is 7.11 Å². The molecule has 0 bridgehead atoms. The van der Waals surface area contributed by atoms with Gasteiger partial charge in [0.15, 0.2) is 0 Å². The van der Waals surface area contributed by atoms with Crippen molar-refractivity contribution < 1.29 is 9.84 Å². The normalized spacial score (nSPS) is 12.7. The fraction of sp³-hybridized carbons (Fsp3) is 0.500. The van der Waals surface area contributed by atoms with E-state index in [0.29, 0.717) is 11.8 Å². The van der Waals surface area contributed by atoms with Crippen LogP contribution in [0, 0.1) is 6.92 Å². The van der Waals surface area contributed by atoms with Gasteiger partial charge in [0.25, 0.3) is 0 Å². The first-order valence-corrected chi connectivity index (χ1v) is 10.6. The third-order valence-corrected chi connectivity index (χ3v) is 5.59. The Kier molecular flexibility index (Phi) is 6.58. The number of rotatable bonds is 8. The van der Waals surface area contributed by atoms with Crippen LogP contribution in [0.2, 0.25) is 0 Å². The van der Waals surface area contributed by atoms with Gasteiger partial charge in [0.1, 0.15) is 0 Å². The number of aliphatic hydroxyl groups is 1. The van der Waals surface area contributed by atoms with Gasteiger partial charge in [-0.05, 0) is 55.0 Å². The first-order chi connectivity index (χ1) is 13.9. The van der Waals surface area contributed by atoms with Crippen LogP contribution in [0.5, 0.6) is 5.88 Å². The molecule has 3 heterocycles. The number of nitrogens with zero attached hydrogens (tertiary/aromatic N) is 3. The summed E-state index contributed by atoms with van der Waals surface area (Å²) in [5.74, 6) is 0.957. The van der Waals surface area contributed by atoms with E-state index < -0.39 is 0 Å². The van der Waals surface area contributed by atoms with E-state index in [9.17, 15) is 5.11 Å². The average molecular weight is 396 g/mol. The van der Waals surface area contributed by atoms with Gasteiger partial charge in [-0.15, -0.1) is 0 Å². The van der Waals surface area contributed by atoms with Gasteiger partial charge in [-0.25, -0.2) is 9.97 Å². The average Bonchev–Trinajstić information content (AvgIpc) is 3.05. The summed E-state index contributed by atoms with van der Waals surface area (Å²) >= 11 is 0. The Morgan fingerprint density at radius 3 is 2.52 bits per heavy atom. The molecule has 0 radical (unpaired) electrons. The maximum Gasteiger partial charge on any atom is 0.222 e. The lowest BCUT2D eigenvalue weighted by molar-refractivity contribution is 0.223. The molecule has 0 saturated carbocycles. The van der Waals surface area contributed by atoms with Crippen molar-refractivity contribution in [2.24, 2.45) is 0 Å². The Morgan fingerprint density at radius 1 is 1.17 bits per heavy atom. The summed E-state index contributed by atoms with van der Waals surface area (Å²) < 4.78 is 7.83. The van der Waals surface area contributed by atoms with Crippen molar-refractivity contribution >= 4 is 11.0 Å². The number of aliphatic hydroxyl groups excluding tert-OH is 1. The molecule has 0 unspecified atom stereocenters. The molecule has 156 valence electrons. The number of aromatic nitrogens is 3.